The molecule has 0 saturated carbocycles. The molecule has 0 aliphatic rings. The van der Waals surface area contributed by atoms with Crippen LogP contribution >= 0.6 is 0 Å². The molecule has 0 aromatic heterocycles. The molecule has 5 nitrogen and oxygen atoms in total. The Morgan fingerprint density at radius 1 is 0.833 bits per heavy atom. The van der Waals surface area contributed by atoms with Crippen molar-refractivity contribution in [3.63, 3.8) is 0 Å². The van der Waals surface area contributed by atoms with Crippen LogP contribution in [0.15, 0.2) is 0 Å². The lowest BCUT2D eigenvalue weighted by molar-refractivity contribution is -0.231. The van der Waals surface area contributed by atoms with Crippen molar-refractivity contribution in [2.75, 3.05) is 41.0 Å². The molecule has 0 heterocycles. The molecule has 146 valence electrons. The van der Waals surface area contributed by atoms with E-state index in [0.717, 1.165) is 38.8 Å². The van der Waals surface area contributed by atoms with Crippen molar-refractivity contribution in [3.05, 3.63) is 0 Å². The van der Waals surface area contributed by atoms with Crippen molar-refractivity contribution in [1.82, 2.24) is 5.32 Å². The Morgan fingerprint density at radius 3 is 1.96 bits per heavy atom. The Hall–Kier alpha value is -0.200. The van der Waals surface area contributed by atoms with Crippen LogP contribution in [0, 0.1) is 0 Å². The van der Waals surface area contributed by atoms with Crippen LogP contribution in [0.4, 0.5) is 0 Å². The summed E-state index contributed by atoms with van der Waals surface area (Å²) in [5.74, 6) is 0. The van der Waals surface area contributed by atoms with Gasteiger partial charge in [0.15, 0.2) is 6.29 Å². The van der Waals surface area contributed by atoms with E-state index in [0.29, 0.717) is 6.54 Å². The fourth-order valence-electron chi connectivity index (χ4n) is 3.31. The van der Waals surface area contributed by atoms with Gasteiger partial charge in [-0.1, -0.05) is 51.9 Å². The van der Waals surface area contributed by atoms with Gasteiger partial charge in [0.1, 0.15) is 5.60 Å². The number of nitrogens with two attached hydrogens (primary N) is 1. The molecule has 1 unspecified atom stereocenters. The summed E-state index contributed by atoms with van der Waals surface area (Å²) < 4.78 is 17.0. The molecule has 5 heteroatoms. The lowest BCUT2D eigenvalue weighted by Gasteiger charge is -2.38. The van der Waals surface area contributed by atoms with Gasteiger partial charge in [0.25, 0.3) is 0 Å². The maximum atomic E-state index is 5.93. The smallest absolute Gasteiger partial charge is 0.185 e. The quantitative estimate of drug-likeness (QED) is 0.294. The molecule has 0 saturated heterocycles. The fraction of sp³-hybridized carbons (Fsp3) is 1.00. The number of nitrogens with one attached hydrogen (secondary N) is 1. The van der Waals surface area contributed by atoms with Gasteiger partial charge in [-0.25, -0.2) is 0 Å². The highest BCUT2D eigenvalue weighted by Gasteiger charge is 2.38. The van der Waals surface area contributed by atoms with E-state index in [9.17, 15) is 0 Å². The molecule has 0 radical (unpaired) electrons. The van der Waals surface area contributed by atoms with E-state index in [2.05, 4.69) is 12.2 Å². The number of unbranched alkanes of at least 4 members (excludes halogenated alkanes) is 6. The monoisotopic (exact) mass is 346 g/mol. The molecule has 0 fully saturated rings. The van der Waals surface area contributed by atoms with Gasteiger partial charge in [0.05, 0.1) is 0 Å². The summed E-state index contributed by atoms with van der Waals surface area (Å²) in [5, 5.41) is 3.34. The summed E-state index contributed by atoms with van der Waals surface area (Å²) in [7, 11) is 5.16. The SMILES string of the molecule is CCCCCCCCCC(CCCNCCN)(OC)C(OC)OC. The predicted octanol–water partition coefficient (Wildman–Crippen LogP) is 3.46. The first-order valence-corrected chi connectivity index (χ1v) is 9.72. The highest BCUT2D eigenvalue weighted by Crippen LogP contribution is 2.31. The van der Waals surface area contributed by atoms with Gasteiger partial charge >= 0.3 is 0 Å². The molecular weight excluding hydrogens is 304 g/mol. The molecule has 0 aliphatic heterocycles. The summed E-state index contributed by atoms with van der Waals surface area (Å²) in [6.07, 6.45) is 11.7. The second-order valence-corrected chi connectivity index (χ2v) is 6.59. The van der Waals surface area contributed by atoms with Crippen LogP contribution in [0.3, 0.4) is 0 Å². The van der Waals surface area contributed by atoms with E-state index < -0.39 is 0 Å². The third-order valence-corrected chi connectivity index (χ3v) is 4.74. The van der Waals surface area contributed by atoms with E-state index >= 15 is 0 Å². The molecule has 3 N–H and O–H groups in total. The van der Waals surface area contributed by atoms with Crippen molar-refractivity contribution < 1.29 is 14.2 Å². The summed E-state index contributed by atoms with van der Waals surface area (Å²) >= 11 is 0. The number of hydrogen-bond donors (Lipinski definition) is 2. The molecular formula is C19H42N2O3. The molecule has 0 spiro atoms. The van der Waals surface area contributed by atoms with E-state index in [1.54, 1.807) is 21.3 Å². The van der Waals surface area contributed by atoms with Gasteiger partial charge in [0.2, 0.25) is 0 Å². The molecule has 0 aliphatic carbocycles. The molecule has 0 amide bonds. The van der Waals surface area contributed by atoms with Crippen LogP contribution in [-0.2, 0) is 14.2 Å². The van der Waals surface area contributed by atoms with E-state index in [-0.39, 0.29) is 11.9 Å². The third-order valence-electron chi connectivity index (χ3n) is 4.74. The first-order chi connectivity index (χ1) is 11.7. The van der Waals surface area contributed by atoms with E-state index in [1.165, 1.54) is 38.5 Å². The highest BCUT2D eigenvalue weighted by molar-refractivity contribution is 4.85. The van der Waals surface area contributed by atoms with Gasteiger partial charge in [-0.2, -0.15) is 0 Å². The molecule has 24 heavy (non-hydrogen) atoms. The van der Waals surface area contributed by atoms with Crippen molar-refractivity contribution >= 4 is 0 Å². The first-order valence-electron chi connectivity index (χ1n) is 9.72. The number of hydrogen-bond acceptors (Lipinski definition) is 5. The molecule has 0 aromatic rings. The first kappa shape index (κ1) is 23.8. The second-order valence-electron chi connectivity index (χ2n) is 6.59. The summed E-state index contributed by atoms with van der Waals surface area (Å²) in [4.78, 5) is 0. The fourth-order valence-corrected chi connectivity index (χ4v) is 3.31. The molecule has 1 atom stereocenters. The average molecular weight is 347 g/mol. The van der Waals surface area contributed by atoms with Gasteiger partial charge in [-0.05, 0) is 25.8 Å². The Bertz CT molecular complexity index is 263. The molecule has 0 bridgehead atoms. The van der Waals surface area contributed by atoms with Gasteiger partial charge in [-0.15, -0.1) is 0 Å². The van der Waals surface area contributed by atoms with E-state index in [1.807, 2.05) is 0 Å². The van der Waals surface area contributed by atoms with Crippen molar-refractivity contribution in [1.29, 1.82) is 0 Å². The van der Waals surface area contributed by atoms with Crippen LogP contribution in [0.1, 0.15) is 71.1 Å². The van der Waals surface area contributed by atoms with Crippen molar-refractivity contribution in [3.8, 4) is 0 Å². The highest BCUT2D eigenvalue weighted by atomic mass is 16.7. The van der Waals surface area contributed by atoms with Gasteiger partial charge in [-0.3, -0.25) is 0 Å². The minimum Gasteiger partial charge on any atom is -0.373 e. The van der Waals surface area contributed by atoms with Crippen molar-refractivity contribution in [2.45, 2.75) is 83.0 Å². The zero-order valence-corrected chi connectivity index (χ0v) is 16.6. The minimum atomic E-state index is -0.364. The normalized spacial score (nSPS) is 14.2. The zero-order valence-electron chi connectivity index (χ0n) is 16.6. The van der Waals surface area contributed by atoms with Crippen LogP contribution in [-0.4, -0.2) is 52.9 Å². The Labute approximate surface area is 150 Å². The Morgan fingerprint density at radius 2 is 1.42 bits per heavy atom. The number of ether oxygens (including phenoxy) is 3. The average Bonchev–Trinajstić information content (AvgIpc) is 2.61. The maximum absolute atomic E-state index is 5.93. The summed E-state index contributed by atoms with van der Waals surface area (Å²) in [5.41, 5.74) is 5.15. The molecule has 0 aromatic carbocycles. The van der Waals surface area contributed by atoms with Crippen LogP contribution in [0.25, 0.3) is 0 Å². The van der Waals surface area contributed by atoms with Crippen LogP contribution < -0.4 is 11.1 Å². The predicted molar refractivity (Wildman–Crippen MR) is 101 cm³/mol. The Balaban J connectivity index is 4.34. The van der Waals surface area contributed by atoms with Crippen LogP contribution in [0.5, 0.6) is 0 Å². The minimum absolute atomic E-state index is 0.322. The Kier molecular flexibility index (Phi) is 16.1. The lowest BCUT2D eigenvalue weighted by atomic mass is 9.89. The van der Waals surface area contributed by atoms with E-state index in [4.69, 9.17) is 19.9 Å². The molecule has 0 rings (SSSR count). The van der Waals surface area contributed by atoms with Crippen LogP contribution in [0.2, 0.25) is 0 Å². The third kappa shape index (κ3) is 9.94. The summed E-state index contributed by atoms with van der Waals surface area (Å²) in [6.45, 7) is 4.73. The topological polar surface area (TPSA) is 65.7 Å². The summed E-state index contributed by atoms with van der Waals surface area (Å²) in [6, 6.07) is 0. The van der Waals surface area contributed by atoms with Gasteiger partial charge < -0.3 is 25.3 Å². The largest absolute Gasteiger partial charge is 0.373 e. The number of methoxy groups -OCH3 is 3. The maximum Gasteiger partial charge on any atom is 0.185 e. The standard InChI is InChI=1S/C19H42N2O3/c1-5-6-7-8-9-10-11-13-19(24-4,18(22-2)23-3)14-12-16-21-17-15-20/h18,21H,5-17,20H2,1-4H3. The zero-order chi connectivity index (χ0) is 18.1. The number of rotatable bonds is 18. The van der Waals surface area contributed by atoms with Crippen molar-refractivity contribution in [2.24, 2.45) is 5.73 Å². The van der Waals surface area contributed by atoms with Gasteiger partial charge in [0, 0.05) is 34.4 Å². The lowest BCUT2D eigenvalue weighted by Crippen LogP contribution is -2.47. The second kappa shape index (κ2) is 16.3.